The summed E-state index contributed by atoms with van der Waals surface area (Å²) in [7, 11) is -3.35. The Bertz CT molecular complexity index is 482. The molecule has 2 N–H and O–H groups in total. The fraction of sp³-hybridized carbons (Fsp3) is 0.500. The minimum absolute atomic E-state index is 0.299. The molecule has 1 fully saturated rings. The highest BCUT2D eigenvalue weighted by atomic mass is 31.1. The number of aliphatic carboxylic acids is 1. The molecule has 0 spiro atoms. The normalized spacial score (nSPS) is 24.8. The van der Waals surface area contributed by atoms with Crippen LogP contribution in [-0.4, -0.2) is 28.7 Å². The van der Waals surface area contributed by atoms with Crippen LogP contribution in [0.1, 0.15) is 25.3 Å². The van der Waals surface area contributed by atoms with Gasteiger partial charge in [0.25, 0.3) is 0 Å². The van der Waals surface area contributed by atoms with E-state index in [1.165, 1.54) is 0 Å². The molecule has 4 atom stereocenters. The Hall–Kier alpha value is -1.16. The molecule has 0 radical (unpaired) electrons. The van der Waals surface area contributed by atoms with E-state index < -0.39 is 25.1 Å². The number of benzene rings is 1. The number of carboxylic acids is 1. The molecular formula is C14H19O5P. The monoisotopic (exact) mass is 298 g/mol. The lowest BCUT2D eigenvalue weighted by molar-refractivity contribution is -0.143. The van der Waals surface area contributed by atoms with E-state index in [-0.39, 0.29) is 6.10 Å². The molecule has 0 amide bonds. The minimum Gasteiger partial charge on any atom is -0.480 e. The van der Waals surface area contributed by atoms with Crippen LogP contribution in [0, 0.1) is 5.92 Å². The van der Waals surface area contributed by atoms with Crippen molar-refractivity contribution in [1.29, 1.82) is 0 Å². The lowest BCUT2D eigenvalue weighted by atomic mass is 9.81. The summed E-state index contributed by atoms with van der Waals surface area (Å²) in [6.45, 7) is 2.27. The van der Waals surface area contributed by atoms with Gasteiger partial charge in [-0.2, -0.15) is 0 Å². The summed E-state index contributed by atoms with van der Waals surface area (Å²) >= 11 is 0. The SMILES string of the molecule is CC(C1CCCO1)C(C(=O)O)(c1ccccc1)[PH](=O)O. The van der Waals surface area contributed by atoms with Gasteiger partial charge in [0, 0.05) is 12.5 Å². The van der Waals surface area contributed by atoms with Crippen LogP contribution in [-0.2, 0) is 19.3 Å². The van der Waals surface area contributed by atoms with Crippen molar-refractivity contribution in [2.45, 2.75) is 31.0 Å². The zero-order valence-electron chi connectivity index (χ0n) is 11.3. The standard InChI is InChI=1S/C14H19O5P/c1-10(12-8-5-9-19-12)14(13(15)16,20(17)18)11-6-3-2-4-7-11/h2-4,6-7,10,12,20H,5,8-9H2,1H3,(H,15,16)(H,17,18). The van der Waals surface area contributed by atoms with Gasteiger partial charge in [0.1, 0.15) is 0 Å². The Balaban J connectivity index is 2.53. The summed E-state index contributed by atoms with van der Waals surface area (Å²) in [6.07, 6.45) is 1.27. The van der Waals surface area contributed by atoms with Crippen molar-refractivity contribution in [3.05, 3.63) is 35.9 Å². The molecule has 0 aliphatic carbocycles. The molecule has 2 rings (SSSR count). The highest BCUT2D eigenvalue weighted by molar-refractivity contribution is 7.41. The number of hydrogen-bond acceptors (Lipinski definition) is 3. The molecule has 5 nitrogen and oxygen atoms in total. The van der Waals surface area contributed by atoms with Gasteiger partial charge in [0.15, 0.2) is 5.16 Å². The molecule has 0 bridgehead atoms. The van der Waals surface area contributed by atoms with E-state index in [9.17, 15) is 19.4 Å². The number of carboxylic acid groups (broad SMARTS) is 1. The Kier molecular flexibility index (Phi) is 4.63. The summed E-state index contributed by atoms with van der Waals surface area (Å²) in [5.74, 6) is -1.83. The predicted octanol–water partition coefficient (Wildman–Crippen LogP) is 2.25. The maximum Gasteiger partial charge on any atom is 0.324 e. The van der Waals surface area contributed by atoms with E-state index in [0.717, 1.165) is 12.8 Å². The van der Waals surface area contributed by atoms with E-state index in [0.29, 0.717) is 12.2 Å². The first kappa shape index (κ1) is 15.2. The average Bonchev–Trinajstić information content (AvgIpc) is 2.93. The molecule has 0 saturated carbocycles. The maximum absolute atomic E-state index is 12.0. The van der Waals surface area contributed by atoms with Crippen molar-refractivity contribution < 1.29 is 24.1 Å². The van der Waals surface area contributed by atoms with Crippen LogP contribution < -0.4 is 0 Å². The van der Waals surface area contributed by atoms with Crippen LogP contribution in [0.5, 0.6) is 0 Å². The Morgan fingerprint density at radius 3 is 2.55 bits per heavy atom. The molecule has 0 aromatic heterocycles. The number of rotatable bonds is 5. The van der Waals surface area contributed by atoms with E-state index >= 15 is 0 Å². The summed E-state index contributed by atoms with van der Waals surface area (Å²) in [6, 6.07) is 8.30. The van der Waals surface area contributed by atoms with E-state index in [1.54, 1.807) is 37.3 Å². The van der Waals surface area contributed by atoms with Gasteiger partial charge in [-0.15, -0.1) is 0 Å². The quantitative estimate of drug-likeness (QED) is 0.815. The van der Waals surface area contributed by atoms with Crippen molar-refractivity contribution >= 4 is 14.0 Å². The molecule has 110 valence electrons. The van der Waals surface area contributed by atoms with Crippen LogP contribution in [0.15, 0.2) is 30.3 Å². The smallest absolute Gasteiger partial charge is 0.324 e. The maximum atomic E-state index is 12.0. The van der Waals surface area contributed by atoms with Gasteiger partial charge in [0.05, 0.1) is 6.10 Å². The average molecular weight is 298 g/mol. The Morgan fingerprint density at radius 1 is 1.45 bits per heavy atom. The first-order valence-electron chi connectivity index (χ1n) is 6.65. The zero-order chi connectivity index (χ0) is 14.8. The summed E-state index contributed by atoms with van der Waals surface area (Å²) < 4.78 is 17.6. The molecule has 20 heavy (non-hydrogen) atoms. The Labute approximate surface area is 118 Å². The molecule has 1 aromatic carbocycles. The van der Waals surface area contributed by atoms with E-state index in [1.807, 2.05) is 0 Å². The Morgan fingerprint density at radius 2 is 2.10 bits per heavy atom. The third kappa shape index (κ3) is 2.41. The summed E-state index contributed by atoms with van der Waals surface area (Å²) in [5.41, 5.74) is 0.363. The number of ether oxygens (including phenoxy) is 1. The van der Waals surface area contributed by atoms with Gasteiger partial charge in [-0.05, 0) is 18.4 Å². The van der Waals surface area contributed by atoms with Gasteiger partial charge in [-0.1, -0.05) is 37.3 Å². The molecule has 1 aromatic rings. The predicted molar refractivity (Wildman–Crippen MR) is 75.1 cm³/mol. The van der Waals surface area contributed by atoms with Crippen LogP contribution in [0.3, 0.4) is 0 Å². The third-order valence-corrected chi connectivity index (χ3v) is 5.74. The first-order valence-corrected chi connectivity index (χ1v) is 8.00. The fourth-order valence-electron chi connectivity index (χ4n) is 2.97. The largest absolute Gasteiger partial charge is 0.480 e. The van der Waals surface area contributed by atoms with E-state index in [2.05, 4.69) is 0 Å². The van der Waals surface area contributed by atoms with Crippen molar-refractivity contribution in [2.24, 2.45) is 5.92 Å². The molecule has 1 heterocycles. The fourth-order valence-corrected chi connectivity index (χ4v) is 4.14. The zero-order valence-corrected chi connectivity index (χ0v) is 12.3. The molecule has 1 saturated heterocycles. The van der Waals surface area contributed by atoms with Crippen molar-refractivity contribution in [2.75, 3.05) is 6.61 Å². The third-order valence-electron chi connectivity index (χ3n) is 4.11. The molecular weight excluding hydrogens is 279 g/mol. The molecule has 1 aliphatic heterocycles. The van der Waals surface area contributed by atoms with E-state index in [4.69, 9.17) is 4.74 Å². The number of hydrogen-bond donors (Lipinski definition) is 2. The summed E-state index contributed by atoms with van der Waals surface area (Å²) in [5, 5.41) is 7.90. The van der Waals surface area contributed by atoms with Gasteiger partial charge in [-0.3, -0.25) is 9.36 Å². The number of carbonyl (C=O) groups is 1. The highest BCUT2D eigenvalue weighted by Gasteiger charge is 2.53. The van der Waals surface area contributed by atoms with Crippen LogP contribution >= 0.6 is 8.03 Å². The van der Waals surface area contributed by atoms with Gasteiger partial charge in [-0.25, -0.2) is 0 Å². The minimum atomic E-state index is -3.35. The van der Waals surface area contributed by atoms with Crippen molar-refractivity contribution in [3.8, 4) is 0 Å². The second-order valence-electron chi connectivity index (χ2n) is 5.12. The van der Waals surface area contributed by atoms with Crippen LogP contribution in [0.4, 0.5) is 0 Å². The topological polar surface area (TPSA) is 83.8 Å². The van der Waals surface area contributed by atoms with Crippen molar-refractivity contribution in [3.63, 3.8) is 0 Å². The van der Waals surface area contributed by atoms with Gasteiger partial charge < -0.3 is 14.7 Å². The lowest BCUT2D eigenvalue weighted by Gasteiger charge is -2.36. The van der Waals surface area contributed by atoms with Crippen molar-refractivity contribution in [1.82, 2.24) is 0 Å². The second kappa shape index (κ2) is 6.08. The lowest BCUT2D eigenvalue weighted by Crippen LogP contribution is -2.44. The summed E-state index contributed by atoms with van der Waals surface area (Å²) in [4.78, 5) is 21.7. The molecule has 1 aliphatic rings. The first-order chi connectivity index (χ1) is 9.51. The second-order valence-corrected chi connectivity index (χ2v) is 6.52. The molecule has 4 unspecified atom stereocenters. The van der Waals surface area contributed by atoms with Gasteiger partial charge >= 0.3 is 5.97 Å². The molecule has 6 heteroatoms. The highest BCUT2D eigenvalue weighted by Crippen LogP contribution is 2.52. The van der Waals surface area contributed by atoms with Crippen LogP contribution in [0.25, 0.3) is 0 Å². The van der Waals surface area contributed by atoms with Crippen LogP contribution in [0.2, 0.25) is 0 Å². The van der Waals surface area contributed by atoms with Gasteiger partial charge in [0.2, 0.25) is 8.03 Å².